The van der Waals surface area contributed by atoms with Crippen molar-refractivity contribution in [3.8, 4) is 16.9 Å². The predicted molar refractivity (Wildman–Crippen MR) is 114 cm³/mol. The van der Waals surface area contributed by atoms with Crippen LogP contribution in [0.3, 0.4) is 0 Å². The van der Waals surface area contributed by atoms with Crippen LogP contribution in [-0.4, -0.2) is 18.3 Å². The molecular weight excluding hydrogens is 372 g/mol. The number of nitrogens with two attached hydrogens (primary N) is 2. The number of hydrogen-bond acceptors (Lipinski definition) is 5. The minimum absolute atomic E-state index is 0.0513. The first kappa shape index (κ1) is 19.5. The minimum Gasteiger partial charge on any atom is -0.484 e. The van der Waals surface area contributed by atoms with Crippen molar-refractivity contribution in [1.82, 2.24) is 0 Å². The Kier molecular flexibility index (Phi) is 6.31. The number of benzene rings is 3. The van der Waals surface area contributed by atoms with E-state index >= 15 is 0 Å². The van der Waals surface area contributed by atoms with Gasteiger partial charge in [0.1, 0.15) is 11.6 Å². The molecule has 0 aliphatic heterocycles. The topological polar surface area (TPSA) is 114 Å². The Labute approximate surface area is 167 Å². The summed E-state index contributed by atoms with van der Waals surface area (Å²) < 4.78 is 5.47. The molecule has 0 spiro atoms. The number of amidine groups is 1. The average Bonchev–Trinajstić information content (AvgIpc) is 2.73. The summed E-state index contributed by atoms with van der Waals surface area (Å²) >= 11 is 1.20. The van der Waals surface area contributed by atoms with Gasteiger partial charge in [0.05, 0.1) is 0 Å². The van der Waals surface area contributed by atoms with E-state index in [0.717, 1.165) is 16.0 Å². The molecule has 3 rings (SSSR count). The summed E-state index contributed by atoms with van der Waals surface area (Å²) in [6.07, 6.45) is 0. The average molecular weight is 392 g/mol. The van der Waals surface area contributed by atoms with Crippen LogP contribution in [-0.2, 0) is 4.79 Å². The number of amides is 1. The Morgan fingerprint density at radius 3 is 2.50 bits per heavy atom. The third-order valence-electron chi connectivity index (χ3n) is 4.01. The molecule has 3 aromatic rings. The molecule has 6 nitrogen and oxygen atoms in total. The van der Waals surface area contributed by atoms with Crippen LogP contribution in [0, 0.1) is 5.41 Å². The highest BCUT2D eigenvalue weighted by molar-refractivity contribution is 7.97. The van der Waals surface area contributed by atoms with E-state index in [1.165, 1.54) is 11.9 Å². The second-order valence-electron chi connectivity index (χ2n) is 5.97. The van der Waals surface area contributed by atoms with E-state index in [-0.39, 0.29) is 18.3 Å². The van der Waals surface area contributed by atoms with Gasteiger partial charge >= 0.3 is 0 Å². The van der Waals surface area contributed by atoms with Crippen molar-refractivity contribution in [1.29, 1.82) is 5.41 Å². The van der Waals surface area contributed by atoms with Gasteiger partial charge in [0.15, 0.2) is 6.61 Å². The Bertz CT molecular complexity index is 990. The smallest absolute Gasteiger partial charge is 0.262 e. The first-order valence-corrected chi connectivity index (χ1v) is 9.38. The van der Waals surface area contributed by atoms with Crippen molar-refractivity contribution in [3.63, 3.8) is 0 Å². The van der Waals surface area contributed by atoms with Crippen LogP contribution in [0.5, 0.6) is 5.75 Å². The first-order valence-electron chi connectivity index (χ1n) is 8.50. The van der Waals surface area contributed by atoms with E-state index in [1.807, 2.05) is 48.5 Å². The summed E-state index contributed by atoms with van der Waals surface area (Å²) in [7, 11) is 0. The van der Waals surface area contributed by atoms with E-state index in [0.29, 0.717) is 17.0 Å². The largest absolute Gasteiger partial charge is 0.484 e. The normalized spacial score (nSPS) is 10.3. The van der Waals surface area contributed by atoms with Crippen molar-refractivity contribution < 1.29 is 9.53 Å². The monoisotopic (exact) mass is 392 g/mol. The fourth-order valence-electron chi connectivity index (χ4n) is 2.64. The van der Waals surface area contributed by atoms with Crippen LogP contribution < -0.4 is 20.9 Å². The molecule has 0 aromatic heterocycles. The molecule has 0 saturated heterocycles. The summed E-state index contributed by atoms with van der Waals surface area (Å²) in [6, 6.07) is 22.2. The maximum atomic E-state index is 12.1. The van der Waals surface area contributed by atoms with Gasteiger partial charge in [-0.1, -0.05) is 42.5 Å². The highest BCUT2D eigenvalue weighted by atomic mass is 32.2. The fourth-order valence-corrected chi connectivity index (χ4v) is 3.11. The number of nitrogen functional groups attached to an aromatic ring is 1. The van der Waals surface area contributed by atoms with E-state index in [4.69, 9.17) is 21.0 Å². The molecule has 0 saturated carbocycles. The van der Waals surface area contributed by atoms with Gasteiger partial charge in [0.2, 0.25) is 0 Å². The number of ether oxygens (including phenoxy) is 1. The zero-order valence-electron chi connectivity index (χ0n) is 15.0. The van der Waals surface area contributed by atoms with Crippen molar-refractivity contribution in [2.75, 3.05) is 11.9 Å². The van der Waals surface area contributed by atoms with Gasteiger partial charge in [-0.2, -0.15) is 0 Å². The maximum Gasteiger partial charge on any atom is 0.262 e. The molecule has 0 heterocycles. The minimum atomic E-state index is -0.279. The molecule has 0 aliphatic carbocycles. The molecule has 1 amide bonds. The summed E-state index contributed by atoms with van der Waals surface area (Å²) in [5, 5.41) is 16.0. The van der Waals surface area contributed by atoms with Crippen LogP contribution in [0.25, 0.3) is 11.1 Å². The molecule has 7 heteroatoms. The lowest BCUT2D eigenvalue weighted by Crippen LogP contribution is -2.20. The zero-order chi connectivity index (χ0) is 19.9. The van der Waals surface area contributed by atoms with Gasteiger partial charge in [0.25, 0.3) is 5.91 Å². The third kappa shape index (κ3) is 4.91. The van der Waals surface area contributed by atoms with Crippen molar-refractivity contribution in [3.05, 3.63) is 78.4 Å². The van der Waals surface area contributed by atoms with Crippen molar-refractivity contribution in [2.45, 2.75) is 4.90 Å². The van der Waals surface area contributed by atoms with Gasteiger partial charge < -0.3 is 15.8 Å². The summed E-state index contributed by atoms with van der Waals surface area (Å²) in [4.78, 5) is 13.1. The summed E-state index contributed by atoms with van der Waals surface area (Å²) in [5.74, 6) is 0.151. The third-order valence-corrected chi connectivity index (χ3v) is 4.62. The zero-order valence-corrected chi connectivity index (χ0v) is 15.8. The predicted octanol–water partition coefficient (Wildman–Crippen LogP) is 3.62. The van der Waals surface area contributed by atoms with Gasteiger partial charge in [-0.25, -0.2) is 0 Å². The summed E-state index contributed by atoms with van der Waals surface area (Å²) in [5.41, 5.74) is 8.73. The molecule has 0 aliphatic rings. The molecule has 0 fully saturated rings. The molecule has 0 atom stereocenters. The van der Waals surface area contributed by atoms with Crippen LogP contribution in [0.2, 0.25) is 0 Å². The molecule has 0 bridgehead atoms. The lowest BCUT2D eigenvalue weighted by molar-refractivity contribution is -0.118. The second kappa shape index (κ2) is 9.07. The van der Waals surface area contributed by atoms with E-state index in [9.17, 15) is 4.79 Å². The van der Waals surface area contributed by atoms with Gasteiger partial charge in [-0.15, -0.1) is 0 Å². The quantitative estimate of drug-likeness (QED) is 0.279. The standard InChI is InChI=1S/C21H20N4O2S/c22-21(23)15-4-3-5-17(12-15)27-13-20(26)25-16-10-8-14(9-11-16)18-6-1-2-7-19(18)28-24/h1-12H,13,24H2,(H3,22,23)(H,25,26). The molecule has 6 N–H and O–H groups in total. The van der Waals surface area contributed by atoms with Gasteiger partial charge in [-0.3, -0.25) is 15.3 Å². The van der Waals surface area contributed by atoms with Crippen LogP contribution in [0.4, 0.5) is 5.69 Å². The SMILES string of the molecule is N=C(N)c1cccc(OCC(=O)Nc2ccc(-c3ccccc3SN)cc2)c1. The number of hydrogen-bond donors (Lipinski definition) is 4. The van der Waals surface area contributed by atoms with E-state index in [2.05, 4.69) is 5.32 Å². The molecular formula is C21H20N4O2S. The number of rotatable bonds is 7. The van der Waals surface area contributed by atoms with Crippen molar-refractivity contribution in [2.24, 2.45) is 10.9 Å². The Balaban J connectivity index is 1.60. The Morgan fingerprint density at radius 2 is 1.79 bits per heavy atom. The molecule has 3 aromatic carbocycles. The highest BCUT2D eigenvalue weighted by Gasteiger charge is 2.07. The summed E-state index contributed by atoms with van der Waals surface area (Å²) in [6.45, 7) is -0.143. The van der Waals surface area contributed by atoms with Crippen molar-refractivity contribution >= 4 is 29.4 Å². The Morgan fingerprint density at radius 1 is 1.04 bits per heavy atom. The highest BCUT2D eigenvalue weighted by Crippen LogP contribution is 2.29. The first-order chi connectivity index (χ1) is 13.6. The molecule has 0 unspecified atom stereocenters. The molecule has 28 heavy (non-hydrogen) atoms. The fraction of sp³-hybridized carbons (Fsp3) is 0.0476. The lowest BCUT2D eigenvalue weighted by atomic mass is 10.1. The van der Waals surface area contributed by atoms with E-state index in [1.54, 1.807) is 24.3 Å². The van der Waals surface area contributed by atoms with Gasteiger partial charge in [0, 0.05) is 16.1 Å². The molecule has 0 radical (unpaired) electrons. The number of anilines is 1. The van der Waals surface area contributed by atoms with Crippen LogP contribution >= 0.6 is 11.9 Å². The van der Waals surface area contributed by atoms with Crippen LogP contribution in [0.15, 0.2) is 77.7 Å². The lowest BCUT2D eigenvalue weighted by Gasteiger charge is -2.10. The second-order valence-corrected chi connectivity index (χ2v) is 6.65. The van der Waals surface area contributed by atoms with Gasteiger partial charge in [-0.05, 0) is 53.4 Å². The number of carbonyl (C=O) groups excluding carboxylic acids is 1. The van der Waals surface area contributed by atoms with Crippen LogP contribution in [0.1, 0.15) is 5.56 Å². The number of nitrogens with one attached hydrogen (secondary N) is 2. The Hall–Kier alpha value is -3.29. The molecule has 142 valence electrons. The van der Waals surface area contributed by atoms with E-state index < -0.39 is 0 Å². The number of carbonyl (C=O) groups is 1. The maximum absolute atomic E-state index is 12.1.